The molecule has 0 amide bonds. The standard InChI is InChI=1S/C53H35NS/c1-5-19-36(20-6-1)49-43-28-13-14-29-44(43)52-50(45-30-16-18-32-48(45)55-52)51(49)54(39-25-11-4-12-26-39)40-33-34-42-41-27-15-17-31-46(41)53(47(42)35-40,37-21-7-2-8-22-37)38-23-9-3-10-24-38/h1-35H. The van der Waals surface area contributed by atoms with E-state index in [4.69, 9.17) is 0 Å². The summed E-state index contributed by atoms with van der Waals surface area (Å²) < 4.78 is 2.60. The number of para-hydroxylation sites is 1. The molecule has 0 saturated carbocycles. The molecular weight excluding hydrogens is 683 g/mol. The molecule has 0 saturated heterocycles. The van der Waals surface area contributed by atoms with E-state index in [0.717, 1.165) is 11.4 Å². The Labute approximate surface area is 325 Å². The van der Waals surface area contributed by atoms with Crippen molar-refractivity contribution in [2.24, 2.45) is 0 Å². The topological polar surface area (TPSA) is 3.24 Å². The van der Waals surface area contributed by atoms with Crippen molar-refractivity contribution in [2.75, 3.05) is 4.90 Å². The number of nitrogens with zero attached hydrogens (tertiary/aromatic N) is 1. The lowest BCUT2D eigenvalue weighted by molar-refractivity contribution is 0.768. The quantitative estimate of drug-likeness (QED) is 0.166. The van der Waals surface area contributed by atoms with Gasteiger partial charge >= 0.3 is 0 Å². The van der Waals surface area contributed by atoms with Crippen molar-refractivity contribution < 1.29 is 0 Å². The summed E-state index contributed by atoms with van der Waals surface area (Å²) in [6.45, 7) is 0. The first-order valence-corrected chi connectivity index (χ1v) is 19.8. The molecule has 11 rings (SSSR count). The smallest absolute Gasteiger partial charge is 0.0714 e. The van der Waals surface area contributed by atoms with E-state index in [1.807, 2.05) is 11.3 Å². The highest BCUT2D eigenvalue weighted by atomic mass is 32.1. The molecule has 1 aliphatic rings. The van der Waals surface area contributed by atoms with Gasteiger partial charge in [0.05, 0.1) is 11.1 Å². The van der Waals surface area contributed by atoms with Gasteiger partial charge in [0.2, 0.25) is 0 Å². The fraction of sp³-hybridized carbons (Fsp3) is 0.0189. The summed E-state index contributed by atoms with van der Waals surface area (Å²) in [5.74, 6) is 0. The maximum absolute atomic E-state index is 2.54. The van der Waals surface area contributed by atoms with Crippen molar-refractivity contribution in [1.82, 2.24) is 0 Å². The fourth-order valence-corrected chi connectivity index (χ4v) is 10.5. The van der Waals surface area contributed by atoms with Crippen LogP contribution in [0.1, 0.15) is 22.3 Å². The fourth-order valence-electron chi connectivity index (χ4n) is 9.30. The number of hydrogen-bond donors (Lipinski definition) is 0. The number of hydrogen-bond acceptors (Lipinski definition) is 2. The van der Waals surface area contributed by atoms with E-state index >= 15 is 0 Å². The van der Waals surface area contributed by atoms with Gasteiger partial charge in [0, 0.05) is 42.5 Å². The molecule has 1 heterocycles. The van der Waals surface area contributed by atoms with Crippen molar-refractivity contribution in [3.63, 3.8) is 0 Å². The van der Waals surface area contributed by atoms with Gasteiger partial charge in [-0.1, -0.05) is 182 Å². The average Bonchev–Trinajstić information content (AvgIpc) is 3.80. The first-order chi connectivity index (χ1) is 27.3. The van der Waals surface area contributed by atoms with Gasteiger partial charge in [-0.3, -0.25) is 0 Å². The van der Waals surface area contributed by atoms with Gasteiger partial charge in [-0.15, -0.1) is 11.3 Å². The molecule has 0 unspecified atom stereocenters. The highest BCUT2D eigenvalue weighted by Gasteiger charge is 2.46. The van der Waals surface area contributed by atoms with Crippen LogP contribution in [-0.2, 0) is 5.41 Å². The van der Waals surface area contributed by atoms with Crippen molar-refractivity contribution in [2.45, 2.75) is 5.41 Å². The third-order valence-corrected chi connectivity index (χ3v) is 12.7. The predicted octanol–water partition coefficient (Wildman–Crippen LogP) is 14.7. The zero-order valence-electron chi connectivity index (χ0n) is 30.1. The Bertz CT molecular complexity index is 2980. The second kappa shape index (κ2) is 12.7. The molecule has 0 N–H and O–H groups in total. The van der Waals surface area contributed by atoms with Crippen molar-refractivity contribution >= 4 is 59.3 Å². The minimum Gasteiger partial charge on any atom is -0.309 e. The van der Waals surface area contributed by atoms with E-state index < -0.39 is 5.41 Å². The maximum atomic E-state index is 2.54. The normalized spacial score (nSPS) is 12.9. The lowest BCUT2D eigenvalue weighted by Gasteiger charge is -2.35. The second-order valence-electron chi connectivity index (χ2n) is 14.4. The number of thiophene rings is 1. The predicted molar refractivity (Wildman–Crippen MR) is 234 cm³/mol. The lowest BCUT2D eigenvalue weighted by Crippen LogP contribution is -2.28. The number of fused-ring (bicyclic) bond motifs is 8. The van der Waals surface area contributed by atoms with E-state index in [2.05, 4.69) is 217 Å². The monoisotopic (exact) mass is 717 g/mol. The van der Waals surface area contributed by atoms with Crippen LogP contribution in [0.4, 0.5) is 17.1 Å². The largest absolute Gasteiger partial charge is 0.309 e. The van der Waals surface area contributed by atoms with E-state index in [0.29, 0.717) is 0 Å². The van der Waals surface area contributed by atoms with Crippen LogP contribution in [0, 0.1) is 0 Å². The molecule has 1 aliphatic carbocycles. The molecule has 0 radical (unpaired) electrons. The van der Waals surface area contributed by atoms with Crippen LogP contribution < -0.4 is 4.90 Å². The average molecular weight is 718 g/mol. The van der Waals surface area contributed by atoms with Gasteiger partial charge < -0.3 is 4.90 Å². The SMILES string of the molecule is c1ccc(-c2c(N(c3ccccc3)c3ccc4c(c3)C(c3ccccc3)(c3ccccc3)c3ccccc3-4)c3c4ccccc4sc3c3ccccc23)cc1. The molecule has 0 aliphatic heterocycles. The van der Waals surface area contributed by atoms with Gasteiger partial charge in [0.1, 0.15) is 0 Å². The molecule has 55 heavy (non-hydrogen) atoms. The van der Waals surface area contributed by atoms with Gasteiger partial charge in [0.25, 0.3) is 0 Å². The molecule has 258 valence electrons. The zero-order valence-corrected chi connectivity index (χ0v) is 30.9. The zero-order chi connectivity index (χ0) is 36.3. The summed E-state index contributed by atoms with van der Waals surface area (Å²) in [5.41, 5.74) is 13.0. The Balaban J connectivity index is 1.30. The van der Waals surface area contributed by atoms with Crippen LogP contribution in [0.5, 0.6) is 0 Å². The summed E-state index contributed by atoms with van der Waals surface area (Å²) >= 11 is 1.90. The molecular formula is C53H35NS. The molecule has 10 aromatic rings. The van der Waals surface area contributed by atoms with Gasteiger partial charge in [-0.05, 0) is 74.7 Å². The summed E-state index contributed by atoms with van der Waals surface area (Å²) in [6, 6.07) is 78.3. The van der Waals surface area contributed by atoms with Crippen LogP contribution >= 0.6 is 11.3 Å². The van der Waals surface area contributed by atoms with Crippen molar-refractivity contribution in [3.05, 3.63) is 235 Å². The van der Waals surface area contributed by atoms with Gasteiger partial charge in [-0.2, -0.15) is 0 Å². The van der Waals surface area contributed by atoms with Crippen LogP contribution in [0.3, 0.4) is 0 Å². The van der Waals surface area contributed by atoms with Crippen LogP contribution in [0.15, 0.2) is 212 Å². The van der Waals surface area contributed by atoms with E-state index in [1.54, 1.807) is 0 Å². The highest BCUT2D eigenvalue weighted by molar-refractivity contribution is 7.26. The molecule has 0 spiro atoms. The van der Waals surface area contributed by atoms with Crippen LogP contribution in [0.2, 0.25) is 0 Å². The minimum atomic E-state index is -0.511. The Morgan fingerprint density at radius 3 is 1.65 bits per heavy atom. The van der Waals surface area contributed by atoms with E-state index in [1.165, 1.54) is 81.1 Å². The first kappa shape index (κ1) is 31.8. The summed E-state index contributed by atoms with van der Waals surface area (Å²) in [5, 5.41) is 5.09. The first-order valence-electron chi connectivity index (χ1n) is 18.9. The van der Waals surface area contributed by atoms with Gasteiger partial charge in [-0.25, -0.2) is 0 Å². The Kier molecular flexibility index (Phi) is 7.33. The molecule has 0 bridgehead atoms. The number of benzene rings is 9. The van der Waals surface area contributed by atoms with Crippen LogP contribution in [0.25, 0.3) is 53.2 Å². The van der Waals surface area contributed by atoms with Crippen LogP contribution in [-0.4, -0.2) is 0 Å². The van der Waals surface area contributed by atoms with Crippen molar-refractivity contribution in [3.8, 4) is 22.3 Å². The minimum absolute atomic E-state index is 0.511. The van der Waals surface area contributed by atoms with E-state index in [-0.39, 0.29) is 0 Å². The third-order valence-electron chi connectivity index (χ3n) is 11.5. The summed E-state index contributed by atoms with van der Waals surface area (Å²) in [7, 11) is 0. The molecule has 2 heteroatoms. The number of anilines is 3. The third kappa shape index (κ3) is 4.72. The van der Waals surface area contributed by atoms with Gasteiger partial charge in [0.15, 0.2) is 0 Å². The molecule has 9 aromatic carbocycles. The molecule has 1 nitrogen and oxygen atoms in total. The lowest BCUT2D eigenvalue weighted by atomic mass is 9.67. The number of rotatable bonds is 6. The Hall–Kier alpha value is -6.74. The second-order valence-corrected chi connectivity index (χ2v) is 15.4. The molecule has 0 atom stereocenters. The summed E-state index contributed by atoms with van der Waals surface area (Å²) in [6.07, 6.45) is 0. The Morgan fingerprint density at radius 2 is 0.945 bits per heavy atom. The maximum Gasteiger partial charge on any atom is 0.0714 e. The highest BCUT2D eigenvalue weighted by Crippen LogP contribution is 2.59. The van der Waals surface area contributed by atoms with Crippen molar-refractivity contribution in [1.29, 1.82) is 0 Å². The Morgan fingerprint density at radius 1 is 0.400 bits per heavy atom. The molecule has 1 aromatic heterocycles. The molecule has 0 fully saturated rings. The summed E-state index contributed by atoms with van der Waals surface area (Å²) in [4.78, 5) is 2.54. The van der Waals surface area contributed by atoms with E-state index in [9.17, 15) is 0 Å².